The van der Waals surface area contributed by atoms with Crippen LogP contribution in [0.2, 0.25) is 0 Å². The molecular formula is C17H28N. The molecule has 0 spiro atoms. The molecule has 1 nitrogen and oxygen atoms in total. The van der Waals surface area contributed by atoms with Crippen LogP contribution in [0.1, 0.15) is 71.1 Å². The Balaban J connectivity index is 1.78. The van der Waals surface area contributed by atoms with Gasteiger partial charge in [0.1, 0.15) is 0 Å². The second-order valence-electron chi connectivity index (χ2n) is 5.08. The third-order valence-electron chi connectivity index (χ3n) is 3.34. The highest BCUT2D eigenvalue weighted by Crippen LogP contribution is 2.11. The summed E-state index contributed by atoms with van der Waals surface area (Å²) in [6.45, 7) is 2.28. The van der Waals surface area contributed by atoms with Gasteiger partial charge in [0, 0.05) is 6.20 Å². The van der Waals surface area contributed by atoms with Crippen molar-refractivity contribution in [3.8, 4) is 0 Å². The fraction of sp³-hybridized carbons (Fsp3) is 0.647. The van der Waals surface area contributed by atoms with E-state index in [4.69, 9.17) is 0 Å². The zero-order valence-corrected chi connectivity index (χ0v) is 11.9. The summed E-state index contributed by atoms with van der Waals surface area (Å²) in [6.07, 6.45) is 24.1. The van der Waals surface area contributed by atoms with Gasteiger partial charge in [0.25, 0.3) is 0 Å². The highest BCUT2D eigenvalue weighted by atomic mass is 14.9. The maximum atomic E-state index is 4.21. The minimum Gasteiger partial charge on any atom is -0.257 e. The van der Waals surface area contributed by atoms with Crippen LogP contribution in [0.4, 0.5) is 0 Å². The van der Waals surface area contributed by atoms with Gasteiger partial charge in [-0.25, -0.2) is 0 Å². The number of hydrogen-bond acceptors (Lipinski definition) is 0. The molecule has 1 rings (SSSR count). The number of unbranched alkanes of at least 4 members (excludes halogenated alkanes) is 9. The lowest BCUT2D eigenvalue weighted by Crippen LogP contribution is -1.86. The maximum absolute atomic E-state index is 4.21. The molecule has 1 aliphatic heterocycles. The predicted octanol–water partition coefficient (Wildman–Crippen LogP) is 5.48. The van der Waals surface area contributed by atoms with Crippen LogP contribution in [-0.4, -0.2) is 0 Å². The molecule has 18 heavy (non-hydrogen) atoms. The molecule has 0 aliphatic carbocycles. The quantitative estimate of drug-likeness (QED) is 0.429. The van der Waals surface area contributed by atoms with Crippen molar-refractivity contribution in [3.63, 3.8) is 0 Å². The van der Waals surface area contributed by atoms with Crippen LogP contribution in [0.5, 0.6) is 0 Å². The van der Waals surface area contributed by atoms with Crippen LogP contribution in [0.15, 0.2) is 36.2 Å². The molecule has 101 valence electrons. The Morgan fingerprint density at radius 2 is 1.61 bits per heavy atom. The lowest BCUT2D eigenvalue weighted by atomic mass is 10.1. The number of allylic oxidation sites excluding steroid dienone is 4. The molecule has 0 bridgehead atoms. The first-order chi connectivity index (χ1) is 8.93. The third kappa shape index (κ3) is 8.16. The highest BCUT2D eigenvalue weighted by Gasteiger charge is 1.94. The zero-order chi connectivity index (χ0) is 12.9. The lowest BCUT2D eigenvalue weighted by molar-refractivity contribution is 0.566. The Kier molecular flexibility index (Phi) is 9.32. The van der Waals surface area contributed by atoms with E-state index < -0.39 is 0 Å². The van der Waals surface area contributed by atoms with Gasteiger partial charge in [-0.2, -0.15) is 0 Å². The van der Waals surface area contributed by atoms with E-state index >= 15 is 0 Å². The fourth-order valence-electron chi connectivity index (χ4n) is 2.19. The summed E-state index contributed by atoms with van der Waals surface area (Å²) < 4.78 is 0. The van der Waals surface area contributed by atoms with Crippen molar-refractivity contribution < 1.29 is 0 Å². The third-order valence-corrected chi connectivity index (χ3v) is 3.34. The van der Waals surface area contributed by atoms with Crippen LogP contribution in [-0.2, 0) is 0 Å². The minimum absolute atomic E-state index is 1.09. The largest absolute Gasteiger partial charge is 0.257 e. The number of rotatable bonds is 11. The van der Waals surface area contributed by atoms with Crippen LogP contribution < -0.4 is 5.32 Å². The first kappa shape index (κ1) is 15.1. The smallest absolute Gasteiger partial charge is 0.0626 e. The molecular weight excluding hydrogens is 218 g/mol. The monoisotopic (exact) mass is 246 g/mol. The summed E-state index contributed by atoms with van der Waals surface area (Å²) in [5, 5.41) is 4.21. The van der Waals surface area contributed by atoms with Crippen molar-refractivity contribution in [2.45, 2.75) is 71.1 Å². The van der Waals surface area contributed by atoms with Crippen molar-refractivity contribution in [1.29, 1.82) is 0 Å². The Morgan fingerprint density at radius 3 is 2.22 bits per heavy atom. The second kappa shape index (κ2) is 11.1. The predicted molar refractivity (Wildman–Crippen MR) is 80.3 cm³/mol. The Bertz CT molecular complexity index is 273. The van der Waals surface area contributed by atoms with Crippen molar-refractivity contribution in [2.75, 3.05) is 0 Å². The highest BCUT2D eigenvalue weighted by molar-refractivity contribution is 5.28. The molecule has 1 radical (unpaired) electrons. The summed E-state index contributed by atoms with van der Waals surface area (Å²) in [5.41, 5.74) is 1.09. The molecule has 0 saturated heterocycles. The van der Waals surface area contributed by atoms with Crippen LogP contribution in [0.3, 0.4) is 0 Å². The molecule has 0 saturated carbocycles. The van der Waals surface area contributed by atoms with E-state index in [1.165, 1.54) is 64.2 Å². The van der Waals surface area contributed by atoms with Gasteiger partial charge in [0.2, 0.25) is 0 Å². The Morgan fingerprint density at radius 1 is 0.944 bits per heavy atom. The topological polar surface area (TPSA) is 14.1 Å². The standard InChI is InChI=1S/C17H28N/c1-2-3-4-5-6-7-8-9-10-11-12-14-17-15-13-16-18-17/h12-16H,2-11H2,1H3/b14-12+. The van der Waals surface area contributed by atoms with E-state index in [0.29, 0.717) is 0 Å². The molecule has 0 N–H and O–H groups in total. The van der Waals surface area contributed by atoms with Crippen LogP contribution in [0, 0.1) is 0 Å². The molecule has 0 aromatic heterocycles. The van der Waals surface area contributed by atoms with E-state index in [1.807, 2.05) is 18.4 Å². The van der Waals surface area contributed by atoms with Gasteiger partial charge < -0.3 is 0 Å². The average Bonchev–Trinajstić information content (AvgIpc) is 2.89. The van der Waals surface area contributed by atoms with Gasteiger partial charge in [-0.3, -0.25) is 5.32 Å². The molecule has 1 aliphatic rings. The van der Waals surface area contributed by atoms with Crippen LogP contribution >= 0.6 is 0 Å². The lowest BCUT2D eigenvalue weighted by Gasteiger charge is -2.00. The second-order valence-corrected chi connectivity index (χ2v) is 5.08. The van der Waals surface area contributed by atoms with Gasteiger partial charge >= 0.3 is 0 Å². The average molecular weight is 246 g/mol. The molecule has 0 unspecified atom stereocenters. The van der Waals surface area contributed by atoms with E-state index in [1.54, 1.807) is 0 Å². The summed E-state index contributed by atoms with van der Waals surface area (Å²) in [4.78, 5) is 0. The van der Waals surface area contributed by atoms with E-state index in [2.05, 4.69) is 24.4 Å². The Labute approximate surface area is 113 Å². The molecule has 0 atom stereocenters. The first-order valence-corrected chi connectivity index (χ1v) is 7.67. The van der Waals surface area contributed by atoms with E-state index in [9.17, 15) is 0 Å². The van der Waals surface area contributed by atoms with Crippen molar-refractivity contribution in [2.24, 2.45) is 0 Å². The first-order valence-electron chi connectivity index (χ1n) is 7.67. The molecule has 1 heteroatoms. The van der Waals surface area contributed by atoms with Crippen molar-refractivity contribution in [1.82, 2.24) is 5.32 Å². The van der Waals surface area contributed by atoms with Gasteiger partial charge in [-0.1, -0.05) is 64.4 Å². The number of hydrogen-bond donors (Lipinski definition) is 0. The SMILES string of the molecule is CCCCCCCCCCC/C=C/C1=CC=C[N]1. The number of nitrogens with zero attached hydrogens (tertiary/aromatic N) is 1. The van der Waals surface area contributed by atoms with Gasteiger partial charge in [0.05, 0.1) is 5.70 Å². The summed E-state index contributed by atoms with van der Waals surface area (Å²) >= 11 is 0. The van der Waals surface area contributed by atoms with Gasteiger partial charge in [-0.05, 0) is 31.1 Å². The fourth-order valence-corrected chi connectivity index (χ4v) is 2.19. The molecule has 0 fully saturated rings. The zero-order valence-electron chi connectivity index (χ0n) is 11.9. The van der Waals surface area contributed by atoms with E-state index in [0.717, 1.165) is 5.70 Å². The Hall–Kier alpha value is -0.980. The summed E-state index contributed by atoms with van der Waals surface area (Å²) in [7, 11) is 0. The molecule has 1 heterocycles. The normalized spacial score (nSPS) is 14.2. The van der Waals surface area contributed by atoms with Crippen molar-refractivity contribution >= 4 is 0 Å². The van der Waals surface area contributed by atoms with Crippen LogP contribution in [0.25, 0.3) is 0 Å². The molecule has 0 amide bonds. The summed E-state index contributed by atoms with van der Waals surface area (Å²) in [5.74, 6) is 0. The molecule has 0 aromatic rings. The van der Waals surface area contributed by atoms with Gasteiger partial charge in [0.15, 0.2) is 0 Å². The molecule has 0 aromatic carbocycles. The maximum Gasteiger partial charge on any atom is 0.0626 e. The minimum atomic E-state index is 1.09. The van der Waals surface area contributed by atoms with Gasteiger partial charge in [-0.15, -0.1) is 0 Å². The van der Waals surface area contributed by atoms with E-state index in [-0.39, 0.29) is 0 Å². The van der Waals surface area contributed by atoms with Crippen molar-refractivity contribution in [3.05, 3.63) is 36.2 Å². The summed E-state index contributed by atoms with van der Waals surface area (Å²) in [6, 6.07) is 0.